The van der Waals surface area contributed by atoms with E-state index in [2.05, 4.69) is 21.9 Å². The van der Waals surface area contributed by atoms with Crippen LogP contribution in [0, 0.1) is 40.3 Å². The Labute approximate surface area is 227 Å². The molecule has 0 radical (unpaired) electrons. The fraction of sp³-hybridized carbons (Fsp3) is 0.400. The maximum absolute atomic E-state index is 14.2. The van der Waals surface area contributed by atoms with Gasteiger partial charge in [0.05, 0.1) is 22.9 Å². The van der Waals surface area contributed by atoms with E-state index in [1.54, 1.807) is 24.3 Å². The Hall–Kier alpha value is -4.21. The average Bonchev–Trinajstić information content (AvgIpc) is 3.52. The summed E-state index contributed by atoms with van der Waals surface area (Å²) in [4.78, 5) is 24.0. The van der Waals surface area contributed by atoms with Gasteiger partial charge in [0.1, 0.15) is 11.9 Å². The molecule has 9 heteroatoms. The van der Waals surface area contributed by atoms with Crippen molar-refractivity contribution >= 4 is 17.6 Å². The van der Waals surface area contributed by atoms with Crippen LogP contribution >= 0.6 is 0 Å². The fourth-order valence-electron chi connectivity index (χ4n) is 6.38. The topological polar surface area (TPSA) is 129 Å². The summed E-state index contributed by atoms with van der Waals surface area (Å²) in [7, 11) is 0. The first kappa shape index (κ1) is 27.8. The predicted octanol–water partition coefficient (Wildman–Crippen LogP) is 4.38. The van der Waals surface area contributed by atoms with Crippen LogP contribution in [0.25, 0.3) is 0 Å². The summed E-state index contributed by atoms with van der Waals surface area (Å²) in [5.41, 5.74) is 2.97. The monoisotopic (exact) mass is 530 g/mol. The number of benzene rings is 2. The highest BCUT2D eigenvalue weighted by molar-refractivity contribution is 5.89. The standard InChI is InChI=1S/C26H27FN4.C4H4O4/c27-25-4-2-1-3-24(25)21-12-19-14-23(15-20(19)13-21)30-7-9-31(10-8-30)26-6-5-18(16-28)11-22(26)17-29;5-3(6)1-2-4(7)8/h1-6,11,19-21,23H,7-10,12-15H2;1-2H,(H,5,6)(H,7,8)/b;2-1+. The lowest BCUT2D eigenvalue weighted by Crippen LogP contribution is -2.50. The molecule has 2 aromatic carbocycles. The minimum atomic E-state index is -1.26. The van der Waals surface area contributed by atoms with E-state index in [0.717, 1.165) is 62.1 Å². The summed E-state index contributed by atoms with van der Waals surface area (Å²) in [5, 5.41) is 34.2. The number of anilines is 1. The summed E-state index contributed by atoms with van der Waals surface area (Å²) >= 11 is 0. The van der Waals surface area contributed by atoms with Crippen molar-refractivity contribution in [1.29, 1.82) is 10.5 Å². The van der Waals surface area contributed by atoms with Gasteiger partial charge in [-0.05, 0) is 73.3 Å². The molecule has 0 amide bonds. The lowest BCUT2D eigenvalue weighted by molar-refractivity contribution is -0.134. The molecule has 1 heterocycles. The van der Waals surface area contributed by atoms with E-state index in [4.69, 9.17) is 15.5 Å². The summed E-state index contributed by atoms with van der Waals surface area (Å²) in [6, 6.07) is 17.7. The Morgan fingerprint density at radius 1 is 0.872 bits per heavy atom. The summed E-state index contributed by atoms with van der Waals surface area (Å²) in [5.74, 6) is -0.734. The van der Waals surface area contributed by atoms with Crippen molar-refractivity contribution in [2.45, 2.75) is 37.6 Å². The Morgan fingerprint density at radius 3 is 2.03 bits per heavy atom. The first-order chi connectivity index (χ1) is 18.8. The van der Waals surface area contributed by atoms with Crippen LogP contribution in [0.4, 0.5) is 10.1 Å². The van der Waals surface area contributed by atoms with Gasteiger partial charge in [-0.2, -0.15) is 10.5 Å². The van der Waals surface area contributed by atoms with Crippen molar-refractivity contribution < 1.29 is 24.2 Å². The maximum atomic E-state index is 14.2. The number of piperazine rings is 1. The number of aliphatic carboxylic acids is 2. The maximum Gasteiger partial charge on any atom is 0.328 e. The molecule has 3 aliphatic rings. The minimum Gasteiger partial charge on any atom is -0.478 e. The molecule has 0 aromatic heterocycles. The Morgan fingerprint density at radius 2 is 1.49 bits per heavy atom. The van der Waals surface area contributed by atoms with Gasteiger partial charge in [-0.25, -0.2) is 14.0 Å². The molecule has 2 N–H and O–H groups in total. The minimum absolute atomic E-state index is 0.0420. The van der Waals surface area contributed by atoms with Crippen LogP contribution in [-0.4, -0.2) is 59.3 Å². The molecule has 2 saturated carbocycles. The van der Waals surface area contributed by atoms with Crippen molar-refractivity contribution in [3.8, 4) is 12.1 Å². The van der Waals surface area contributed by atoms with E-state index >= 15 is 0 Å². The zero-order valence-corrected chi connectivity index (χ0v) is 21.5. The molecule has 0 spiro atoms. The lowest BCUT2D eigenvalue weighted by Gasteiger charge is -2.39. The van der Waals surface area contributed by atoms with Gasteiger partial charge >= 0.3 is 11.9 Å². The van der Waals surface area contributed by atoms with E-state index in [-0.39, 0.29) is 5.82 Å². The van der Waals surface area contributed by atoms with Gasteiger partial charge in [-0.3, -0.25) is 4.90 Å². The van der Waals surface area contributed by atoms with Crippen LogP contribution in [0.3, 0.4) is 0 Å². The molecule has 39 heavy (non-hydrogen) atoms. The first-order valence-electron chi connectivity index (χ1n) is 13.1. The summed E-state index contributed by atoms with van der Waals surface area (Å²) < 4.78 is 14.2. The highest BCUT2D eigenvalue weighted by Gasteiger charge is 2.44. The van der Waals surface area contributed by atoms with Crippen LogP contribution in [0.1, 0.15) is 48.3 Å². The van der Waals surface area contributed by atoms with E-state index in [1.807, 2.05) is 18.2 Å². The van der Waals surface area contributed by atoms with Crippen LogP contribution in [0.15, 0.2) is 54.6 Å². The van der Waals surface area contributed by atoms with E-state index in [1.165, 1.54) is 12.8 Å². The third-order valence-electron chi connectivity index (χ3n) is 8.12. The van der Waals surface area contributed by atoms with Gasteiger partial charge in [0.15, 0.2) is 0 Å². The molecule has 2 atom stereocenters. The lowest BCUT2D eigenvalue weighted by atomic mass is 9.93. The van der Waals surface area contributed by atoms with Gasteiger partial charge in [-0.15, -0.1) is 0 Å². The zero-order valence-electron chi connectivity index (χ0n) is 21.5. The molecule has 1 aliphatic heterocycles. The van der Waals surface area contributed by atoms with Crippen molar-refractivity contribution in [2.75, 3.05) is 31.1 Å². The average molecular weight is 531 g/mol. The Bertz CT molecular complexity index is 1290. The molecule has 3 fully saturated rings. The van der Waals surface area contributed by atoms with Crippen molar-refractivity contribution in [3.63, 3.8) is 0 Å². The molecule has 2 aliphatic carbocycles. The van der Waals surface area contributed by atoms with Crippen LogP contribution < -0.4 is 4.90 Å². The normalized spacial score (nSPS) is 24.3. The number of carbonyl (C=O) groups is 2. The molecule has 5 rings (SSSR count). The number of carboxylic acid groups (broad SMARTS) is 2. The first-order valence-corrected chi connectivity index (χ1v) is 13.1. The molecule has 0 bridgehead atoms. The highest BCUT2D eigenvalue weighted by Crippen LogP contribution is 2.52. The smallest absolute Gasteiger partial charge is 0.328 e. The van der Waals surface area contributed by atoms with Gasteiger partial charge in [0.25, 0.3) is 0 Å². The van der Waals surface area contributed by atoms with Crippen molar-refractivity contribution in [3.05, 3.63) is 77.1 Å². The fourth-order valence-corrected chi connectivity index (χ4v) is 6.38. The van der Waals surface area contributed by atoms with Crippen LogP contribution in [0.5, 0.6) is 0 Å². The number of rotatable bonds is 5. The number of hydrogen-bond donors (Lipinski definition) is 2. The molecular formula is C30H31FN4O4. The number of nitriles is 2. The van der Waals surface area contributed by atoms with E-state index in [0.29, 0.717) is 35.2 Å². The van der Waals surface area contributed by atoms with Gasteiger partial charge in [0, 0.05) is 44.4 Å². The second kappa shape index (κ2) is 12.6. The molecule has 8 nitrogen and oxygen atoms in total. The van der Waals surface area contributed by atoms with Gasteiger partial charge in [0.2, 0.25) is 0 Å². The van der Waals surface area contributed by atoms with Crippen molar-refractivity contribution in [1.82, 2.24) is 4.90 Å². The Kier molecular flexibility index (Phi) is 8.96. The van der Waals surface area contributed by atoms with Crippen molar-refractivity contribution in [2.24, 2.45) is 11.8 Å². The van der Waals surface area contributed by atoms with Crippen LogP contribution in [-0.2, 0) is 9.59 Å². The number of halogens is 1. The van der Waals surface area contributed by atoms with E-state index in [9.17, 15) is 19.2 Å². The SMILES string of the molecule is N#Cc1ccc(N2CCN(C3CC4CC(c5ccccc5F)CC4C3)CC2)c(C#N)c1.O=C(O)/C=C/C(=O)O. The highest BCUT2D eigenvalue weighted by atomic mass is 19.1. The molecule has 2 aromatic rings. The number of carboxylic acids is 2. The predicted molar refractivity (Wildman–Crippen MR) is 142 cm³/mol. The third-order valence-corrected chi connectivity index (χ3v) is 8.12. The second-order valence-electron chi connectivity index (χ2n) is 10.3. The zero-order chi connectivity index (χ0) is 27.9. The quantitative estimate of drug-likeness (QED) is 0.545. The molecule has 202 valence electrons. The number of nitrogens with zero attached hydrogens (tertiary/aromatic N) is 4. The third kappa shape index (κ3) is 6.81. The van der Waals surface area contributed by atoms with Gasteiger partial charge < -0.3 is 15.1 Å². The Balaban J connectivity index is 0.000000386. The molecular weight excluding hydrogens is 499 g/mol. The summed E-state index contributed by atoms with van der Waals surface area (Å²) in [6.07, 6.45) is 5.83. The second-order valence-corrected chi connectivity index (χ2v) is 10.3. The largest absolute Gasteiger partial charge is 0.478 e. The molecule has 1 saturated heterocycles. The van der Waals surface area contributed by atoms with E-state index < -0.39 is 11.9 Å². The summed E-state index contributed by atoms with van der Waals surface area (Å²) in [6.45, 7) is 3.83. The molecule has 2 unspecified atom stereocenters. The number of fused-ring (bicyclic) bond motifs is 1. The van der Waals surface area contributed by atoms with Crippen LogP contribution in [0.2, 0.25) is 0 Å². The number of hydrogen-bond acceptors (Lipinski definition) is 6. The van der Waals surface area contributed by atoms with Gasteiger partial charge in [-0.1, -0.05) is 18.2 Å².